The zero-order valence-electron chi connectivity index (χ0n) is 24.9. The van der Waals surface area contributed by atoms with Crippen LogP contribution in [0.5, 0.6) is 5.75 Å². The number of halogens is 3. The van der Waals surface area contributed by atoms with Crippen molar-refractivity contribution in [2.24, 2.45) is 5.92 Å². The summed E-state index contributed by atoms with van der Waals surface area (Å²) in [6, 6.07) is 17.8. The predicted octanol–water partition coefficient (Wildman–Crippen LogP) is 6.48. The number of nitro groups is 1. The molecule has 2 aliphatic heterocycles. The number of hydrogen-bond donors (Lipinski definition) is 0. The van der Waals surface area contributed by atoms with Gasteiger partial charge in [0, 0.05) is 55.1 Å². The maximum absolute atomic E-state index is 13.5. The summed E-state index contributed by atoms with van der Waals surface area (Å²) in [6.07, 6.45) is -3.61. The molecule has 0 saturated carbocycles. The van der Waals surface area contributed by atoms with Gasteiger partial charge >= 0.3 is 17.8 Å². The topological polar surface area (TPSA) is 88.4 Å². The van der Waals surface area contributed by atoms with E-state index in [1.54, 1.807) is 25.1 Å². The molecule has 2 aliphatic rings. The fourth-order valence-corrected chi connectivity index (χ4v) is 6.44. The maximum atomic E-state index is 13.5. The minimum absolute atomic E-state index is 0.0285. The second-order valence-corrected chi connectivity index (χ2v) is 12.1. The highest BCUT2D eigenvalue weighted by molar-refractivity contribution is 7.99. The van der Waals surface area contributed by atoms with Gasteiger partial charge in [-0.15, -0.1) is 0 Å². The van der Waals surface area contributed by atoms with E-state index in [2.05, 4.69) is 9.80 Å². The Labute approximate surface area is 264 Å². The summed E-state index contributed by atoms with van der Waals surface area (Å²) < 4.78 is 51.4. The first-order valence-electron chi connectivity index (χ1n) is 14.8. The minimum atomic E-state index is -4.40. The number of benzene rings is 3. The van der Waals surface area contributed by atoms with Crippen molar-refractivity contribution in [3.05, 3.63) is 82.4 Å². The van der Waals surface area contributed by atoms with Crippen molar-refractivity contribution in [2.75, 3.05) is 63.9 Å². The third-order valence-electron chi connectivity index (χ3n) is 7.88. The molecule has 240 valence electrons. The summed E-state index contributed by atoms with van der Waals surface area (Å²) in [7, 11) is 0. The number of para-hydroxylation sites is 3. The minimum Gasteiger partial charge on any atom is -0.486 e. The Morgan fingerprint density at radius 3 is 2.33 bits per heavy atom. The number of piperazine rings is 1. The number of fused-ring (bicyclic) bond motifs is 2. The number of esters is 1. The number of alkyl halides is 3. The zero-order valence-corrected chi connectivity index (χ0v) is 25.7. The summed E-state index contributed by atoms with van der Waals surface area (Å²) in [5.41, 5.74) is 0.721. The van der Waals surface area contributed by atoms with E-state index in [4.69, 9.17) is 9.47 Å². The molecule has 3 aromatic rings. The molecule has 1 atom stereocenters. The summed E-state index contributed by atoms with van der Waals surface area (Å²) in [4.78, 5) is 31.5. The van der Waals surface area contributed by atoms with Gasteiger partial charge in [0.2, 0.25) is 0 Å². The average Bonchev–Trinajstić information content (AvgIpc) is 3.03. The number of rotatable bonds is 12. The Morgan fingerprint density at radius 1 is 0.933 bits per heavy atom. The van der Waals surface area contributed by atoms with Gasteiger partial charge in [-0.25, -0.2) is 0 Å². The molecular formula is C32H35F3N4O5S. The van der Waals surface area contributed by atoms with E-state index in [0.29, 0.717) is 18.8 Å². The van der Waals surface area contributed by atoms with E-state index in [-0.39, 0.29) is 24.7 Å². The van der Waals surface area contributed by atoms with Crippen molar-refractivity contribution in [1.29, 1.82) is 0 Å². The van der Waals surface area contributed by atoms with E-state index < -0.39 is 28.6 Å². The average molecular weight is 645 g/mol. The number of carbonyl (C=O) groups is 1. The molecule has 13 heteroatoms. The molecule has 1 saturated heterocycles. The van der Waals surface area contributed by atoms with Crippen LogP contribution in [0.1, 0.15) is 18.9 Å². The largest absolute Gasteiger partial charge is 0.486 e. The summed E-state index contributed by atoms with van der Waals surface area (Å²) >= 11 is 1.49. The number of anilines is 2. The van der Waals surface area contributed by atoms with Crippen LogP contribution in [0.4, 0.5) is 30.2 Å². The summed E-state index contributed by atoms with van der Waals surface area (Å²) in [6.45, 7) is 7.19. The molecular weight excluding hydrogens is 609 g/mol. The lowest BCUT2D eigenvalue weighted by molar-refractivity contribution is -0.385. The van der Waals surface area contributed by atoms with Crippen LogP contribution < -0.4 is 9.64 Å². The molecule has 0 radical (unpaired) electrons. The Kier molecular flexibility index (Phi) is 10.5. The first-order valence-corrected chi connectivity index (χ1v) is 15.6. The third-order valence-corrected chi connectivity index (χ3v) is 9.01. The normalized spacial score (nSPS) is 16.0. The molecule has 0 aliphatic carbocycles. The van der Waals surface area contributed by atoms with Crippen molar-refractivity contribution in [3.63, 3.8) is 0 Å². The van der Waals surface area contributed by atoms with Crippen molar-refractivity contribution in [1.82, 2.24) is 9.80 Å². The van der Waals surface area contributed by atoms with E-state index >= 15 is 0 Å². The molecule has 9 nitrogen and oxygen atoms in total. The lowest BCUT2D eigenvalue weighted by atomic mass is 10.1. The Bertz CT molecular complexity index is 1500. The number of ether oxygens (including phenoxy) is 2. The van der Waals surface area contributed by atoms with Crippen LogP contribution in [0.2, 0.25) is 0 Å². The van der Waals surface area contributed by atoms with E-state index in [0.717, 1.165) is 60.7 Å². The maximum Gasteiger partial charge on any atom is 0.416 e. The molecule has 5 rings (SSSR count). The van der Waals surface area contributed by atoms with E-state index in [1.165, 1.54) is 30.0 Å². The number of hydrogen-bond acceptors (Lipinski definition) is 9. The van der Waals surface area contributed by atoms with Crippen molar-refractivity contribution in [3.8, 4) is 5.75 Å². The molecule has 0 bridgehead atoms. The van der Waals surface area contributed by atoms with E-state index in [1.807, 2.05) is 29.2 Å². The van der Waals surface area contributed by atoms with E-state index in [9.17, 15) is 28.1 Å². The van der Waals surface area contributed by atoms with Gasteiger partial charge in [0.25, 0.3) is 0 Å². The van der Waals surface area contributed by atoms with Crippen LogP contribution in [0, 0.1) is 16.0 Å². The number of nitro benzene ring substituents is 1. The van der Waals surface area contributed by atoms with Crippen LogP contribution in [0.25, 0.3) is 0 Å². The summed E-state index contributed by atoms with van der Waals surface area (Å²) in [5, 5.41) is 11.1. The van der Waals surface area contributed by atoms with Gasteiger partial charge in [-0.2, -0.15) is 13.2 Å². The second-order valence-electron chi connectivity index (χ2n) is 11.0. The van der Waals surface area contributed by atoms with Gasteiger partial charge in [-0.1, -0.05) is 36.0 Å². The highest BCUT2D eigenvalue weighted by Gasteiger charge is 2.33. The van der Waals surface area contributed by atoms with Gasteiger partial charge in [-0.05, 0) is 56.3 Å². The van der Waals surface area contributed by atoms with Gasteiger partial charge in [0.15, 0.2) is 5.75 Å². The molecule has 0 spiro atoms. The quantitative estimate of drug-likeness (QED) is 0.125. The van der Waals surface area contributed by atoms with Gasteiger partial charge in [0.1, 0.15) is 13.2 Å². The van der Waals surface area contributed by atoms with Crippen molar-refractivity contribution >= 4 is 34.8 Å². The Balaban J connectivity index is 1.04. The lowest BCUT2D eigenvalue weighted by Crippen LogP contribution is -2.47. The molecule has 0 N–H and O–H groups in total. The smallest absolute Gasteiger partial charge is 0.416 e. The van der Waals surface area contributed by atoms with Gasteiger partial charge in [-0.3, -0.25) is 19.8 Å². The monoisotopic (exact) mass is 644 g/mol. The molecule has 1 unspecified atom stereocenters. The fraction of sp³-hybridized carbons (Fsp3) is 0.406. The highest BCUT2D eigenvalue weighted by atomic mass is 32.2. The molecule has 0 aromatic heterocycles. The lowest BCUT2D eigenvalue weighted by Gasteiger charge is -2.36. The van der Waals surface area contributed by atoms with Crippen LogP contribution in [-0.2, 0) is 15.7 Å². The SMILES string of the molecule is CC(COc1ccccc1[N+](=O)[O-])C(=O)OCCN1CCN(CCCN2c3ccccc3Sc3ccc(C(F)(F)F)cc32)CC1. The first-order chi connectivity index (χ1) is 21.6. The number of nitrogens with zero attached hydrogens (tertiary/aromatic N) is 4. The Morgan fingerprint density at radius 2 is 1.60 bits per heavy atom. The predicted molar refractivity (Wildman–Crippen MR) is 165 cm³/mol. The fourth-order valence-electron chi connectivity index (χ4n) is 5.37. The van der Waals surface area contributed by atoms with Crippen molar-refractivity contribution in [2.45, 2.75) is 29.3 Å². The number of carbonyl (C=O) groups excluding carboxylic acids is 1. The first kappa shape index (κ1) is 32.6. The molecule has 2 heterocycles. The molecule has 1 fully saturated rings. The second kappa shape index (κ2) is 14.5. The molecule has 3 aromatic carbocycles. The van der Waals surface area contributed by atoms with Gasteiger partial charge < -0.3 is 19.3 Å². The molecule has 0 amide bonds. The van der Waals surface area contributed by atoms with Crippen LogP contribution in [0.3, 0.4) is 0 Å². The third kappa shape index (κ3) is 8.27. The van der Waals surface area contributed by atoms with Crippen molar-refractivity contribution < 1.29 is 32.4 Å². The molecule has 45 heavy (non-hydrogen) atoms. The zero-order chi connectivity index (χ0) is 32.0. The summed E-state index contributed by atoms with van der Waals surface area (Å²) in [5.74, 6) is -0.895. The Hall–Kier alpha value is -3.81. The van der Waals surface area contributed by atoms with Crippen LogP contribution in [0.15, 0.2) is 76.5 Å². The standard InChI is InChI=1S/C32H35F3N4O5S/c1-23(22-44-28-9-4-2-7-25(28)39(41)42)31(40)43-20-19-37-17-15-36(16-18-37)13-6-14-38-26-8-3-5-10-29(26)45-30-12-11-24(21-27(30)38)32(33,34)35/h2-5,7-12,21,23H,6,13-20,22H2,1H3. The highest BCUT2D eigenvalue weighted by Crippen LogP contribution is 2.49. The van der Waals surface area contributed by atoms with Crippen LogP contribution in [-0.4, -0.2) is 79.7 Å². The van der Waals surface area contributed by atoms with Gasteiger partial charge in [0.05, 0.1) is 27.8 Å². The van der Waals surface area contributed by atoms with Crippen LogP contribution >= 0.6 is 11.8 Å².